The monoisotopic (exact) mass is 275 g/mol. The van der Waals surface area contributed by atoms with Crippen LogP contribution in [0.1, 0.15) is 31.5 Å². The van der Waals surface area contributed by atoms with Gasteiger partial charge in [-0.25, -0.2) is 4.98 Å². The highest BCUT2D eigenvalue weighted by atomic mass is 19.4. The van der Waals surface area contributed by atoms with Crippen LogP contribution >= 0.6 is 0 Å². The molecule has 1 saturated carbocycles. The van der Waals surface area contributed by atoms with E-state index in [0.29, 0.717) is 18.7 Å². The molecule has 1 fully saturated rings. The Labute approximate surface area is 108 Å². The first-order valence-corrected chi connectivity index (χ1v) is 6.29. The van der Waals surface area contributed by atoms with Crippen LogP contribution in [0.5, 0.6) is 0 Å². The maximum Gasteiger partial charge on any atom is 0.391 e. The van der Waals surface area contributed by atoms with Gasteiger partial charge in [0.15, 0.2) is 0 Å². The molecule has 0 saturated heterocycles. The first-order chi connectivity index (χ1) is 8.97. The van der Waals surface area contributed by atoms with Crippen molar-refractivity contribution in [3.8, 4) is 0 Å². The molecular formula is C12H16F3N3O. The average Bonchev–Trinajstić information content (AvgIpc) is 2.88. The Morgan fingerprint density at radius 3 is 2.89 bits per heavy atom. The van der Waals surface area contributed by atoms with Crippen LogP contribution in [-0.4, -0.2) is 22.1 Å². The number of H-pyrrole nitrogens is 1. The van der Waals surface area contributed by atoms with Gasteiger partial charge < -0.3 is 10.3 Å². The number of rotatable bonds is 3. The van der Waals surface area contributed by atoms with Gasteiger partial charge in [0.1, 0.15) is 5.82 Å². The fraction of sp³-hybridized carbons (Fsp3) is 0.667. The van der Waals surface area contributed by atoms with Crippen molar-refractivity contribution in [1.29, 1.82) is 0 Å². The third-order valence-electron chi connectivity index (χ3n) is 3.49. The lowest BCUT2D eigenvalue weighted by Gasteiger charge is -2.29. The van der Waals surface area contributed by atoms with Gasteiger partial charge in [-0.2, -0.15) is 13.2 Å². The summed E-state index contributed by atoms with van der Waals surface area (Å²) >= 11 is 0. The maximum atomic E-state index is 12.6. The molecule has 2 rings (SSSR count). The molecule has 7 heteroatoms. The van der Waals surface area contributed by atoms with Crippen molar-refractivity contribution in [3.05, 3.63) is 18.2 Å². The quantitative estimate of drug-likeness (QED) is 0.890. The molecule has 19 heavy (non-hydrogen) atoms. The number of hydrogen-bond donors (Lipinski definition) is 2. The zero-order valence-electron chi connectivity index (χ0n) is 10.3. The molecule has 0 bridgehead atoms. The van der Waals surface area contributed by atoms with Gasteiger partial charge in [0.25, 0.3) is 0 Å². The number of carbonyl (C=O) groups excluding carboxylic acids is 1. The molecule has 2 atom stereocenters. The van der Waals surface area contributed by atoms with Crippen molar-refractivity contribution in [2.24, 2.45) is 11.8 Å². The van der Waals surface area contributed by atoms with Crippen molar-refractivity contribution in [2.45, 2.75) is 38.4 Å². The molecule has 1 aliphatic carbocycles. The first-order valence-electron chi connectivity index (χ1n) is 6.29. The van der Waals surface area contributed by atoms with Gasteiger partial charge in [-0.3, -0.25) is 4.79 Å². The Morgan fingerprint density at radius 2 is 2.26 bits per heavy atom. The second kappa shape index (κ2) is 5.63. The van der Waals surface area contributed by atoms with E-state index in [2.05, 4.69) is 15.3 Å². The van der Waals surface area contributed by atoms with Crippen molar-refractivity contribution in [1.82, 2.24) is 15.3 Å². The molecule has 0 aromatic carbocycles. The second-order valence-electron chi connectivity index (χ2n) is 4.86. The van der Waals surface area contributed by atoms with Crippen molar-refractivity contribution in [2.75, 3.05) is 0 Å². The van der Waals surface area contributed by atoms with Crippen LogP contribution in [0.2, 0.25) is 0 Å². The van der Waals surface area contributed by atoms with E-state index in [-0.39, 0.29) is 25.3 Å². The predicted octanol–water partition coefficient (Wildman–Crippen LogP) is 2.39. The number of amides is 1. The fourth-order valence-electron chi connectivity index (χ4n) is 2.44. The minimum atomic E-state index is -4.19. The molecule has 1 aromatic heterocycles. The summed E-state index contributed by atoms with van der Waals surface area (Å²) in [6.07, 6.45) is -0.0118. The van der Waals surface area contributed by atoms with Gasteiger partial charge in [-0.1, -0.05) is 6.42 Å². The molecular weight excluding hydrogens is 259 g/mol. The van der Waals surface area contributed by atoms with Crippen LogP contribution in [0.4, 0.5) is 13.2 Å². The van der Waals surface area contributed by atoms with Gasteiger partial charge in [-0.05, 0) is 19.3 Å². The molecule has 0 spiro atoms. The van der Waals surface area contributed by atoms with Gasteiger partial charge in [0.05, 0.1) is 12.5 Å². The fourth-order valence-corrected chi connectivity index (χ4v) is 2.44. The highest BCUT2D eigenvalue weighted by Gasteiger charge is 2.43. The Kier molecular flexibility index (Phi) is 4.11. The van der Waals surface area contributed by atoms with E-state index in [1.807, 2.05) is 0 Å². The minimum Gasteiger partial charge on any atom is -0.349 e. The van der Waals surface area contributed by atoms with Crippen molar-refractivity contribution >= 4 is 5.91 Å². The normalized spacial score (nSPS) is 24.2. The third-order valence-corrected chi connectivity index (χ3v) is 3.49. The van der Waals surface area contributed by atoms with Crippen molar-refractivity contribution < 1.29 is 18.0 Å². The van der Waals surface area contributed by atoms with E-state index >= 15 is 0 Å². The summed E-state index contributed by atoms with van der Waals surface area (Å²) < 4.78 is 37.9. The van der Waals surface area contributed by atoms with Crippen LogP contribution in [0.15, 0.2) is 12.4 Å². The number of nitrogens with one attached hydrogen (secondary N) is 2. The lowest BCUT2D eigenvalue weighted by Crippen LogP contribution is -2.37. The minimum absolute atomic E-state index is 0.104. The molecule has 106 valence electrons. The molecule has 4 nitrogen and oxygen atoms in total. The summed E-state index contributed by atoms with van der Waals surface area (Å²) in [5.74, 6) is -1.61. The predicted molar refractivity (Wildman–Crippen MR) is 61.9 cm³/mol. The third kappa shape index (κ3) is 3.71. The summed E-state index contributed by atoms with van der Waals surface area (Å²) in [6.45, 7) is 0.221. The van der Waals surface area contributed by atoms with Crippen LogP contribution in [0.25, 0.3) is 0 Å². The number of hydrogen-bond acceptors (Lipinski definition) is 2. The maximum absolute atomic E-state index is 12.6. The van der Waals surface area contributed by atoms with Crippen LogP contribution in [0, 0.1) is 11.8 Å². The molecule has 1 heterocycles. The lowest BCUT2D eigenvalue weighted by molar-refractivity contribution is -0.186. The standard InChI is InChI=1S/C12H16F3N3O/c13-12(14,15)9-3-1-2-8(6-9)11(19)18-7-10-16-4-5-17-10/h4-5,8-9H,1-3,6-7H2,(H,16,17)(H,18,19). The topological polar surface area (TPSA) is 57.8 Å². The van der Waals surface area contributed by atoms with Gasteiger partial charge in [-0.15, -0.1) is 0 Å². The molecule has 0 radical (unpaired) electrons. The number of alkyl halides is 3. The van der Waals surface area contributed by atoms with Gasteiger partial charge in [0, 0.05) is 18.3 Å². The Morgan fingerprint density at radius 1 is 1.47 bits per heavy atom. The molecule has 1 aliphatic rings. The largest absolute Gasteiger partial charge is 0.391 e. The van der Waals surface area contributed by atoms with Crippen molar-refractivity contribution in [3.63, 3.8) is 0 Å². The summed E-state index contributed by atoms with van der Waals surface area (Å²) in [5, 5.41) is 2.63. The van der Waals surface area contributed by atoms with E-state index < -0.39 is 18.0 Å². The lowest BCUT2D eigenvalue weighted by atomic mass is 9.80. The Balaban J connectivity index is 1.85. The summed E-state index contributed by atoms with van der Waals surface area (Å²) in [5.41, 5.74) is 0. The molecule has 0 aliphatic heterocycles. The number of imidazole rings is 1. The Hall–Kier alpha value is -1.53. The summed E-state index contributed by atoms with van der Waals surface area (Å²) in [7, 11) is 0. The number of carbonyl (C=O) groups is 1. The number of aromatic amines is 1. The van der Waals surface area contributed by atoms with Gasteiger partial charge >= 0.3 is 6.18 Å². The molecule has 2 N–H and O–H groups in total. The molecule has 2 unspecified atom stereocenters. The number of halogens is 3. The zero-order chi connectivity index (χ0) is 13.9. The van der Waals surface area contributed by atoms with E-state index in [1.165, 1.54) is 0 Å². The van der Waals surface area contributed by atoms with Crippen LogP contribution in [-0.2, 0) is 11.3 Å². The van der Waals surface area contributed by atoms with E-state index in [0.717, 1.165) is 0 Å². The Bertz CT molecular complexity index is 416. The van der Waals surface area contributed by atoms with E-state index in [1.54, 1.807) is 12.4 Å². The van der Waals surface area contributed by atoms with Crippen LogP contribution in [0.3, 0.4) is 0 Å². The SMILES string of the molecule is O=C(NCc1ncc[nH]1)C1CCCC(C(F)(F)F)C1. The summed E-state index contributed by atoms with van der Waals surface area (Å²) in [4.78, 5) is 18.6. The molecule has 1 amide bonds. The highest BCUT2D eigenvalue weighted by Crippen LogP contribution is 2.39. The average molecular weight is 275 g/mol. The zero-order valence-corrected chi connectivity index (χ0v) is 10.3. The summed E-state index contributed by atoms with van der Waals surface area (Å²) in [6, 6.07) is 0. The smallest absolute Gasteiger partial charge is 0.349 e. The first kappa shape index (κ1) is 13.9. The molecule has 1 aromatic rings. The van der Waals surface area contributed by atoms with Crippen LogP contribution < -0.4 is 5.32 Å². The number of aromatic nitrogens is 2. The van der Waals surface area contributed by atoms with E-state index in [4.69, 9.17) is 0 Å². The van der Waals surface area contributed by atoms with Gasteiger partial charge in [0.2, 0.25) is 5.91 Å². The number of nitrogens with zero attached hydrogens (tertiary/aromatic N) is 1. The highest BCUT2D eigenvalue weighted by molar-refractivity contribution is 5.78. The van der Waals surface area contributed by atoms with E-state index in [9.17, 15) is 18.0 Å². The second-order valence-corrected chi connectivity index (χ2v) is 4.86.